The summed E-state index contributed by atoms with van der Waals surface area (Å²) in [7, 11) is 0. The predicted molar refractivity (Wildman–Crippen MR) is 203 cm³/mol. The van der Waals surface area contributed by atoms with E-state index in [-0.39, 0.29) is 33.3 Å². The summed E-state index contributed by atoms with van der Waals surface area (Å²) in [6.45, 7) is 12.6. The largest absolute Gasteiger partial charge is 0.420 e. The molecule has 0 N–H and O–H groups in total. The van der Waals surface area contributed by atoms with E-state index in [9.17, 15) is 4.39 Å². The first-order valence-electron chi connectivity index (χ1n) is 17.3. The van der Waals surface area contributed by atoms with Crippen LogP contribution in [0.25, 0.3) is 66.1 Å². The van der Waals surface area contributed by atoms with Crippen molar-refractivity contribution in [1.29, 1.82) is 0 Å². The summed E-state index contributed by atoms with van der Waals surface area (Å²) in [5, 5.41) is 3.21. The topological polar surface area (TPSA) is 9.86 Å². The Labute approximate surface area is 298 Å². The summed E-state index contributed by atoms with van der Waals surface area (Å²) in [4.78, 5) is 0. The van der Waals surface area contributed by atoms with Crippen molar-refractivity contribution in [2.75, 3.05) is 0 Å². The Bertz CT molecular complexity index is 2560. The molecule has 7 heteroatoms. The first-order chi connectivity index (χ1) is 24.5. The van der Waals surface area contributed by atoms with Crippen LogP contribution < -0.4 is 0 Å². The maximum absolute atomic E-state index is 16.0. The highest BCUT2D eigenvalue weighted by molar-refractivity contribution is 6.11. The third-order valence-electron chi connectivity index (χ3n) is 10.2. The average Bonchev–Trinajstić information content (AvgIpc) is 3.59. The van der Waals surface area contributed by atoms with Crippen molar-refractivity contribution in [2.24, 2.45) is 0 Å². The SMILES string of the molecule is CC(C)(C)c1ccc2c(c1)c1ccccc1n2-c1cc(-c2ccc(F)cc2F)cc(-n2c3ccccc3c3cc(C(C)(C)C)ccc32)c1C(F)(F)F. The second-order valence-corrected chi connectivity index (χ2v) is 15.7. The number of hydrogen-bond acceptors (Lipinski definition) is 0. The molecule has 0 spiro atoms. The van der Waals surface area contributed by atoms with Gasteiger partial charge in [-0.2, -0.15) is 13.2 Å². The summed E-state index contributed by atoms with van der Waals surface area (Å²) in [6, 6.07) is 32.5. The van der Waals surface area contributed by atoms with Gasteiger partial charge in [0.15, 0.2) is 0 Å². The van der Waals surface area contributed by atoms with E-state index in [1.54, 1.807) is 21.3 Å². The van der Waals surface area contributed by atoms with Crippen LogP contribution in [0.4, 0.5) is 22.0 Å². The smallest absolute Gasteiger partial charge is 0.309 e. The second kappa shape index (κ2) is 11.5. The van der Waals surface area contributed by atoms with Crippen molar-refractivity contribution in [3.63, 3.8) is 0 Å². The molecule has 262 valence electrons. The maximum atomic E-state index is 16.0. The van der Waals surface area contributed by atoms with Gasteiger partial charge in [0.05, 0.1) is 33.4 Å². The lowest BCUT2D eigenvalue weighted by atomic mass is 9.86. The minimum absolute atomic E-state index is 0.0100. The number of hydrogen-bond donors (Lipinski definition) is 0. The molecule has 0 radical (unpaired) electrons. The molecular weight excluding hydrogens is 663 g/mol. The number of aromatic nitrogens is 2. The summed E-state index contributed by atoms with van der Waals surface area (Å²) in [5.74, 6) is -1.64. The Balaban J connectivity index is 1.58. The Morgan fingerprint density at radius 3 is 1.33 bits per heavy atom. The molecule has 0 aliphatic heterocycles. The fraction of sp³-hybridized carbons (Fsp3) is 0.200. The molecule has 8 aromatic rings. The molecule has 0 amide bonds. The Morgan fingerprint density at radius 2 is 0.904 bits per heavy atom. The van der Waals surface area contributed by atoms with E-state index in [4.69, 9.17) is 0 Å². The van der Waals surface area contributed by atoms with Gasteiger partial charge in [-0.15, -0.1) is 0 Å². The normalized spacial score (nSPS) is 12.9. The summed E-state index contributed by atoms with van der Waals surface area (Å²) in [5.41, 5.74) is 2.99. The van der Waals surface area contributed by atoms with Crippen molar-refractivity contribution in [3.8, 4) is 22.5 Å². The van der Waals surface area contributed by atoms with Crippen LogP contribution >= 0.6 is 0 Å². The lowest BCUT2D eigenvalue weighted by Gasteiger charge is -2.24. The van der Waals surface area contributed by atoms with E-state index in [0.717, 1.165) is 44.8 Å². The van der Waals surface area contributed by atoms with Crippen LogP contribution in [0.5, 0.6) is 0 Å². The van der Waals surface area contributed by atoms with Gasteiger partial charge in [0.25, 0.3) is 0 Å². The van der Waals surface area contributed by atoms with Crippen molar-refractivity contribution < 1.29 is 22.0 Å². The van der Waals surface area contributed by atoms with E-state index < -0.39 is 23.4 Å². The molecule has 0 unspecified atom stereocenters. The molecule has 0 fully saturated rings. The second-order valence-electron chi connectivity index (χ2n) is 15.7. The maximum Gasteiger partial charge on any atom is 0.420 e. The fourth-order valence-corrected chi connectivity index (χ4v) is 7.53. The van der Waals surface area contributed by atoms with Crippen molar-refractivity contribution in [1.82, 2.24) is 9.13 Å². The highest BCUT2D eigenvalue weighted by Crippen LogP contribution is 2.47. The van der Waals surface area contributed by atoms with E-state index in [1.807, 2.05) is 72.8 Å². The minimum Gasteiger partial charge on any atom is -0.309 e. The Hall–Kier alpha value is -5.43. The number of halogens is 5. The summed E-state index contributed by atoms with van der Waals surface area (Å²) >= 11 is 0. The Morgan fingerprint density at radius 1 is 0.462 bits per heavy atom. The highest BCUT2D eigenvalue weighted by atomic mass is 19.4. The molecule has 2 nitrogen and oxygen atoms in total. The number of fused-ring (bicyclic) bond motifs is 6. The van der Waals surface area contributed by atoms with Gasteiger partial charge in [-0.1, -0.05) is 90.1 Å². The molecule has 0 aliphatic rings. The van der Waals surface area contributed by atoms with Crippen LogP contribution in [0.3, 0.4) is 0 Å². The molecule has 0 saturated heterocycles. The standard InChI is InChI=1S/C45H37F5N2/c1-43(2,3)27-15-19-38-33(23-27)31-11-7-9-13-36(31)51(38)40-21-26(30-18-17-29(46)25-35(30)47)22-41(42(40)45(48,49)50)52-37-14-10-8-12-32(37)34-24-28(44(4,5)6)16-20-39(34)52/h7-25H,1-6H3. The Kier molecular flexibility index (Phi) is 7.48. The zero-order valence-electron chi connectivity index (χ0n) is 29.8. The number of para-hydroxylation sites is 2. The molecule has 0 saturated carbocycles. The van der Waals surface area contributed by atoms with Crippen molar-refractivity contribution >= 4 is 43.6 Å². The first-order valence-corrected chi connectivity index (χ1v) is 17.3. The van der Waals surface area contributed by atoms with Crippen LogP contribution in [0.2, 0.25) is 0 Å². The predicted octanol–water partition coefficient (Wildman–Crippen LogP) is 13.4. The van der Waals surface area contributed by atoms with E-state index in [2.05, 4.69) is 41.5 Å². The summed E-state index contributed by atoms with van der Waals surface area (Å²) in [6.07, 6.45) is -4.85. The molecule has 8 rings (SSSR count). The number of benzene rings is 6. The van der Waals surface area contributed by atoms with Gasteiger partial charge in [0.2, 0.25) is 0 Å². The van der Waals surface area contributed by atoms with Gasteiger partial charge in [-0.25, -0.2) is 8.78 Å². The summed E-state index contributed by atoms with van der Waals surface area (Å²) < 4.78 is 81.3. The lowest BCUT2D eigenvalue weighted by molar-refractivity contribution is -0.137. The first kappa shape index (κ1) is 33.7. The van der Waals surface area contributed by atoms with Gasteiger partial charge in [0, 0.05) is 33.2 Å². The molecule has 52 heavy (non-hydrogen) atoms. The van der Waals surface area contributed by atoms with Crippen LogP contribution in [0.1, 0.15) is 58.2 Å². The molecule has 6 aromatic carbocycles. The van der Waals surface area contributed by atoms with Gasteiger partial charge < -0.3 is 9.13 Å². The quantitative estimate of drug-likeness (QED) is 0.162. The molecular formula is C45H37F5N2. The minimum atomic E-state index is -4.85. The zero-order chi connectivity index (χ0) is 36.9. The molecule has 0 atom stereocenters. The molecule has 2 heterocycles. The fourth-order valence-electron chi connectivity index (χ4n) is 7.53. The lowest BCUT2D eigenvalue weighted by Crippen LogP contribution is -2.16. The molecule has 0 bridgehead atoms. The van der Waals surface area contributed by atoms with Gasteiger partial charge in [-0.05, 0) is 88.2 Å². The molecule has 0 aliphatic carbocycles. The molecule has 2 aromatic heterocycles. The van der Waals surface area contributed by atoms with E-state index in [0.29, 0.717) is 22.1 Å². The number of alkyl halides is 3. The van der Waals surface area contributed by atoms with Crippen LogP contribution in [0.15, 0.2) is 115 Å². The van der Waals surface area contributed by atoms with Crippen LogP contribution in [0, 0.1) is 11.6 Å². The third kappa shape index (κ3) is 5.37. The zero-order valence-corrected chi connectivity index (χ0v) is 29.8. The van der Waals surface area contributed by atoms with E-state index >= 15 is 17.6 Å². The third-order valence-corrected chi connectivity index (χ3v) is 10.2. The highest BCUT2D eigenvalue weighted by Gasteiger charge is 2.40. The van der Waals surface area contributed by atoms with Gasteiger partial charge in [0.1, 0.15) is 17.2 Å². The van der Waals surface area contributed by atoms with Crippen molar-refractivity contribution in [2.45, 2.75) is 58.5 Å². The van der Waals surface area contributed by atoms with Gasteiger partial charge >= 0.3 is 6.18 Å². The number of nitrogens with zero attached hydrogens (tertiary/aromatic N) is 2. The van der Waals surface area contributed by atoms with Gasteiger partial charge in [-0.3, -0.25) is 0 Å². The van der Waals surface area contributed by atoms with E-state index in [1.165, 1.54) is 18.2 Å². The monoisotopic (exact) mass is 700 g/mol. The average molecular weight is 701 g/mol. The van der Waals surface area contributed by atoms with Crippen LogP contribution in [-0.2, 0) is 17.0 Å². The number of rotatable bonds is 3. The van der Waals surface area contributed by atoms with Crippen molar-refractivity contribution in [3.05, 3.63) is 144 Å². The van der Waals surface area contributed by atoms with Crippen LogP contribution in [-0.4, -0.2) is 9.13 Å².